The lowest BCUT2D eigenvalue weighted by Gasteiger charge is -2.35. The molecule has 0 unspecified atom stereocenters. The van der Waals surface area contributed by atoms with Gasteiger partial charge in [0, 0.05) is 31.6 Å². The number of ether oxygens (including phenoxy) is 2. The van der Waals surface area contributed by atoms with Crippen LogP contribution in [-0.4, -0.2) is 55.2 Å². The molecule has 6 heteroatoms. The van der Waals surface area contributed by atoms with Gasteiger partial charge < -0.3 is 19.3 Å². The van der Waals surface area contributed by atoms with Crippen LogP contribution in [0.2, 0.25) is 0 Å². The van der Waals surface area contributed by atoms with Gasteiger partial charge in [-0.2, -0.15) is 0 Å². The van der Waals surface area contributed by atoms with Crippen LogP contribution < -0.4 is 14.4 Å². The molecule has 31 heavy (non-hydrogen) atoms. The normalized spacial score (nSPS) is 13.8. The van der Waals surface area contributed by atoms with Crippen molar-refractivity contribution in [1.82, 2.24) is 9.88 Å². The molecule has 0 spiro atoms. The summed E-state index contributed by atoms with van der Waals surface area (Å²) in [5.41, 5.74) is 2.21. The van der Waals surface area contributed by atoms with Crippen LogP contribution in [0.3, 0.4) is 0 Å². The second-order valence-corrected chi connectivity index (χ2v) is 7.52. The highest BCUT2D eigenvalue weighted by Gasteiger charge is 2.23. The van der Waals surface area contributed by atoms with Gasteiger partial charge >= 0.3 is 0 Å². The molecule has 1 saturated heterocycles. The van der Waals surface area contributed by atoms with E-state index in [0.29, 0.717) is 31.2 Å². The molecule has 1 aromatic heterocycles. The van der Waals surface area contributed by atoms with E-state index in [4.69, 9.17) is 14.5 Å². The predicted octanol–water partition coefficient (Wildman–Crippen LogP) is 3.84. The Balaban J connectivity index is 1.34. The summed E-state index contributed by atoms with van der Waals surface area (Å²) in [7, 11) is 0. The standard InChI is InChI=1S/C25H27N3O3/c1-3-16-30-22-10-6-7-11-23(22)31-18-25(29)28-14-12-27(13-15-28)24-17-19(2)20-8-4-5-9-21(20)26-24/h3-11,17H,1,12-16,18H2,2H3. The van der Waals surface area contributed by atoms with E-state index in [1.165, 1.54) is 10.9 Å². The second-order valence-electron chi connectivity index (χ2n) is 7.52. The van der Waals surface area contributed by atoms with E-state index in [9.17, 15) is 4.79 Å². The summed E-state index contributed by atoms with van der Waals surface area (Å²) in [5, 5.41) is 1.18. The minimum Gasteiger partial charge on any atom is -0.486 e. The molecule has 1 fully saturated rings. The number of hydrogen-bond acceptors (Lipinski definition) is 5. The van der Waals surface area contributed by atoms with Crippen LogP contribution in [0, 0.1) is 6.92 Å². The Morgan fingerprint density at radius 3 is 2.45 bits per heavy atom. The zero-order valence-electron chi connectivity index (χ0n) is 17.8. The lowest BCUT2D eigenvalue weighted by Crippen LogP contribution is -2.50. The molecule has 3 aromatic rings. The second kappa shape index (κ2) is 9.51. The molecule has 1 aliphatic heterocycles. The van der Waals surface area contributed by atoms with Crippen LogP contribution in [0.15, 0.2) is 67.3 Å². The van der Waals surface area contributed by atoms with E-state index in [1.54, 1.807) is 12.1 Å². The van der Waals surface area contributed by atoms with Gasteiger partial charge in [-0.1, -0.05) is 43.0 Å². The zero-order valence-corrected chi connectivity index (χ0v) is 17.8. The molecule has 2 aromatic carbocycles. The largest absolute Gasteiger partial charge is 0.486 e. The van der Waals surface area contributed by atoms with Gasteiger partial charge in [0.1, 0.15) is 12.4 Å². The number of benzene rings is 2. The third-order valence-corrected chi connectivity index (χ3v) is 5.42. The third-order valence-electron chi connectivity index (χ3n) is 5.42. The van der Waals surface area contributed by atoms with Crippen molar-refractivity contribution in [2.24, 2.45) is 0 Å². The van der Waals surface area contributed by atoms with E-state index in [2.05, 4.69) is 30.5 Å². The van der Waals surface area contributed by atoms with Crippen molar-refractivity contribution >= 4 is 22.6 Å². The zero-order chi connectivity index (χ0) is 21.6. The number of amides is 1. The van der Waals surface area contributed by atoms with Gasteiger partial charge in [0.25, 0.3) is 5.91 Å². The first kappa shape index (κ1) is 20.7. The Kier molecular flexibility index (Phi) is 6.36. The first-order chi connectivity index (χ1) is 15.2. The number of piperazine rings is 1. The molecule has 0 atom stereocenters. The first-order valence-electron chi connectivity index (χ1n) is 10.5. The summed E-state index contributed by atoms with van der Waals surface area (Å²) in [6, 6.07) is 17.7. The SMILES string of the molecule is C=CCOc1ccccc1OCC(=O)N1CCN(c2cc(C)c3ccccc3n2)CC1. The number of carbonyl (C=O) groups excluding carboxylic acids is 1. The molecule has 1 amide bonds. The molecule has 0 aliphatic carbocycles. The molecule has 0 radical (unpaired) electrons. The van der Waals surface area contributed by atoms with Crippen molar-refractivity contribution in [3.8, 4) is 11.5 Å². The van der Waals surface area contributed by atoms with Crippen LogP contribution in [0.4, 0.5) is 5.82 Å². The van der Waals surface area contributed by atoms with Crippen LogP contribution >= 0.6 is 0 Å². The first-order valence-corrected chi connectivity index (χ1v) is 10.5. The van der Waals surface area contributed by atoms with Gasteiger partial charge in [-0.05, 0) is 36.8 Å². The molecule has 0 bridgehead atoms. The van der Waals surface area contributed by atoms with Crippen molar-refractivity contribution in [3.05, 3.63) is 72.8 Å². The number of nitrogens with zero attached hydrogens (tertiary/aromatic N) is 3. The summed E-state index contributed by atoms with van der Waals surface area (Å²) in [4.78, 5) is 21.6. The van der Waals surface area contributed by atoms with Crippen LogP contribution in [-0.2, 0) is 4.79 Å². The monoisotopic (exact) mass is 417 g/mol. The van der Waals surface area contributed by atoms with Gasteiger partial charge in [0.2, 0.25) is 0 Å². The average Bonchev–Trinajstić information content (AvgIpc) is 2.82. The van der Waals surface area contributed by atoms with Gasteiger partial charge in [-0.25, -0.2) is 4.98 Å². The van der Waals surface area contributed by atoms with E-state index in [0.717, 1.165) is 24.4 Å². The van der Waals surface area contributed by atoms with E-state index >= 15 is 0 Å². The fourth-order valence-electron chi connectivity index (χ4n) is 3.75. The highest BCUT2D eigenvalue weighted by molar-refractivity contribution is 5.84. The molecule has 160 valence electrons. The molecular weight excluding hydrogens is 390 g/mol. The number of rotatable bonds is 7. The Morgan fingerprint density at radius 1 is 1.03 bits per heavy atom. The third kappa shape index (κ3) is 4.79. The number of hydrogen-bond donors (Lipinski definition) is 0. The number of pyridine rings is 1. The van der Waals surface area contributed by atoms with Gasteiger partial charge in [0.15, 0.2) is 18.1 Å². The smallest absolute Gasteiger partial charge is 0.260 e. The van der Waals surface area contributed by atoms with Gasteiger partial charge in [-0.15, -0.1) is 0 Å². The number of anilines is 1. The number of para-hydroxylation sites is 3. The van der Waals surface area contributed by atoms with E-state index in [-0.39, 0.29) is 12.5 Å². The maximum absolute atomic E-state index is 12.7. The van der Waals surface area contributed by atoms with E-state index < -0.39 is 0 Å². The molecule has 4 rings (SSSR count). The maximum Gasteiger partial charge on any atom is 0.260 e. The van der Waals surface area contributed by atoms with Crippen LogP contribution in [0.1, 0.15) is 5.56 Å². The Morgan fingerprint density at radius 2 is 1.71 bits per heavy atom. The van der Waals surface area contributed by atoms with Gasteiger partial charge in [0.05, 0.1) is 5.52 Å². The highest BCUT2D eigenvalue weighted by atomic mass is 16.5. The van der Waals surface area contributed by atoms with Crippen LogP contribution in [0.5, 0.6) is 11.5 Å². The number of aromatic nitrogens is 1. The summed E-state index contributed by atoms with van der Waals surface area (Å²) < 4.78 is 11.3. The van der Waals surface area contributed by atoms with Gasteiger partial charge in [-0.3, -0.25) is 4.79 Å². The number of carbonyl (C=O) groups is 1. The number of aryl methyl sites for hydroxylation is 1. The Labute approximate surface area is 182 Å². The Hall–Kier alpha value is -3.54. The fourth-order valence-corrected chi connectivity index (χ4v) is 3.75. The lowest BCUT2D eigenvalue weighted by molar-refractivity contribution is -0.133. The molecule has 6 nitrogen and oxygen atoms in total. The molecule has 0 N–H and O–H groups in total. The maximum atomic E-state index is 12.7. The van der Waals surface area contributed by atoms with Crippen molar-refractivity contribution in [2.45, 2.75) is 6.92 Å². The topological polar surface area (TPSA) is 54.9 Å². The molecule has 0 saturated carbocycles. The molecule has 2 heterocycles. The molecule has 1 aliphatic rings. The minimum atomic E-state index is -0.0270. The molecular formula is C25H27N3O3. The number of fused-ring (bicyclic) bond motifs is 1. The van der Waals surface area contributed by atoms with Crippen molar-refractivity contribution in [2.75, 3.05) is 44.3 Å². The van der Waals surface area contributed by atoms with Crippen molar-refractivity contribution in [3.63, 3.8) is 0 Å². The fraction of sp³-hybridized carbons (Fsp3) is 0.280. The summed E-state index contributed by atoms with van der Waals surface area (Å²) in [6.45, 7) is 8.92. The van der Waals surface area contributed by atoms with Crippen molar-refractivity contribution in [1.29, 1.82) is 0 Å². The summed E-state index contributed by atoms with van der Waals surface area (Å²) in [5.74, 6) is 2.11. The highest BCUT2D eigenvalue weighted by Crippen LogP contribution is 2.27. The quantitative estimate of drug-likeness (QED) is 0.547. The lowest BCUT2D eigenvalue weighted by atomic mass is 10.1. The van der Waals surface area contributed by atoms with Crippen molar-refractivity contribution < 1.29 is 14.3 Å². The minimum absolute atomic E-state index is 0.0121. The summed E-state index contributed by atoms with van der Waals surface area (Å²) >= 11 is 0. The van der Waals surface area contributed by atoms with Crippen LogP contribution in [0.25, 0.3) is 10.9 Å². The predicted molar refractivity (Wildman–Crippen MR) is 123 cm³/mol. The average molecular weight is 418 g/mol. The van der Waals surface area contributed by atoms with E-state index in [1.807, 2.05) is 41.3 Å². The summed E-state index contributed by atoms with van der Waals surface area (Å²) in [6.07, 6.45) is 1.67. The Bertz CT molecular complexity index is 1070.